The van der Waals surface area contributed by atoms with Crippen LogP contribution in [0, 0.1) is 0 Å². The molecule has 0 unspecified atom stereocenters. The summed E-state index contributed by atoms with van der Waals surface area (Å²) < 4.78 is 0. The van der Waals surface area contributed by atoms with Gasteiger partial charge in [-0.05, 0) is 24.1 Å². The van der Waals surface area contributed by atoms with E-state index in [4.69, 9.17) is 0 Å². The van der Waals surface area contributed by atoms with E-state index in [0.717, 1.165) is 12.0 Å². The summed E-state index contributed by atoms with van der Waals surface area (Å²) in [5.41, 5.74) is 1.04. The fourth-order valence-corrected chi connectivity index (χ4v) is 1.91. The number of nitrogens with zero attached hydrogens (tertiary/aromatic N) is 1. The Morgan fingerprint density at radius 1 is 1.17 bits per heavy atom. The number of rotatable bonds is 4. The molecule has 1 amide bonds. The Morgan fingerprint density at radius 3 is 2.50 bits per heavy atom. The minimum atomic E-state index is -0.131. The van der Waals surface area contributed by atoms with E-state index in [-0.39, 0.29) is 11.8 Å². The predicted octanol–water partition coefficient (Wildman–Crippen LogP) is 3.21. The van der Waals surface area contributed by atoms with Crippen LogP contribution in [0.4, 0.5) is 5.82 Å². The van der Waals surface area contributed by atoms with Crippen molar-refractivity contribution in [2.75, 3.05) is 5.32 Å². The van der Waals surface area contributed by atoms with Gasteiger partial charge in [-0.3, -0.25) is 4.79 Å². The van der Waals surface area contributed by atoms with Gasteiger partial charge in [0, 0.05) is 6.20 Å². The molecule has 1 aromatic heterocycles. The fraction of sp³-hybridized carbons (Fsp3) is 0.200. The second-order valence-electron chi connectivity index (χ2n) is 4.08. The van der Waals surface area contributed by atoms with Crippen molar-refractivity contribution in [3.8, 4) is 0 Å². The highest BCUT2D eigenvalue weighted by molar-refractivity contribution is 5.95. The van der Waals surface area contributed by atoms with Crippen LogP contribution in [0.1, 0.15) is 24.8 Å². The summed E-state index contributed by atoms with van der Waals surface area (Å²) >= 11 is 0. The third kappa shape index (κ3) is 2.94. The summed E-state index contributed by atoms with van der Waals surface area (Å²) in [7, 11) is 0. The Bertz CT molecular complexity index is 496. The first kappa shape index (κ1) is 12.3. The van der Waals surface area contributed by atoms with Gasteiger partial charge in [-0.1, -0.05) is 43.3 Å². The Hall–Kier alpha value is -2.16. The molecule has 2 rings (SSSR count). The normalized spacial score (nSPS) is 11.8. The zero-order valence-electron chi connectivity index (χ0n) is 10.3. The van der Waals surface area contributed by atoms with E-state index in [9.17, 15) is 4.79 Å². The number of benzene rings is 1. The molecular weight excluding hydrogens is 224 g/mol. The van der Waals surface area contributed by atoms with Gasteiger partial charge >= 0.3 is 0 Å². The van der Waals surface area contributed by atoms with Crippen LogP contribution in [-0.4, -0.2) is 10.9 Å². The Morgan fingerprint density at radius 2 is 1.89 bits per heavy atom. The Labute approximate surface area is 107 Å². The minimum Gasteiger partial charge on any atom is -0.310 e. The van der Waals surface area contributed by atoms with Crippen molar-refractivity contribution < 1.29 is 4.79 Å². The van der Waals surface area contributed by atoms with E-state index in [1.54, 1.807) is 12.3 Å². The van der Waals surface area contributed by atoms with Crippen molar-refractivity contribution in [3.05, 3.63) is 60.3 Å². The molecule has 1 aromatic carbocycles. The maximum Gasteiger partial charge on any atom is 0.233 e. The quantitative estimate of drug-likeness (QED) is 0.891. The lowest BCUT2D eigenvalue weighted by atomic mass is 9.96. The number of nitrogens with one attached hydrogen (secondary N) is 1. The maximum atomic E-state index is 12.2. The first-order valence-electron chi connectivity index (χ1n) is 6.08. The Kier molecular flexibility index (Phi) is 4.07. The molecule has 2 aromatic rings. The topological polar surface area (TPSA) is 42.0 Å². The lowest BCUT2D eigenvalue weighted by Crippen LogP contribution is -2.21. The first-order valence-corrected chi connectivity index (χ1v) is 6.08. The standard InChI is InChI=1S/C15H16N2O/c1-2-13(12-8-4-3-5-9-12)15(18)17-14-10-6-7-11-16-14/h3-11,13H,2H2,1H3,(H,16,17,18)/t13-/m0/s1. The maximum absolute atomic E-state index is 12.2. The van der Waals surface area contributed by atoms with E-state index in [2.05, 4.69) is 10.3 Å². The second-order valence-corrected chi connectivity index (χ2v) is 4.08. The number of pyridine rings is 1. The zero-order chi connectivity index (χ0) is 12.8. The van der Waals surface area contributed by atoms with Crippen LogP contribution >= 0.6 is 0 Å². The van der Waals surface area contributed by atoms with Crippen molar-refractivity contribution in [2.45, 2.75) is 19.3 Å². The van der Waals surface area contributed by atoms with E-state index in [1.165, 1.54) is 0 Å². The van der Waals surface area contributed by atoms with E-state index >= 15 is 0 Å². The van der Waals surface area contributed by atoms with Gasteiger partial charge < -0.3 is 5.32 Å². The molecule has 0 aliphatic rings. The number of carbonyl (C=O) groups is 1. The lowest BCUT2D eigenvalue weighted by molar-refractivity contribution is -0.117. The van der Waals surface area contributed by atoms with Crippen molar-refractivity contribution in [3.63, 3.8) is 0 Å². The van der Waals surface area contributed by atoms with Crippen LogP contribution in [0.5, 0.6) is 0 Å². The predicted molar refractivity (Wildman–Crippen MR) is 72.3 cm³/mol. The lowest BCUT2D eigenvalue weighted by Gasteiger charge is -2.14. The molecule has 0 bridgehead atoms. The van der Waals surface area contributed by atoms with Gasteiger partial charge in [0.15, 0.2) is 0 Å². The number of hydrogen-bond acceptors (Lipinski definition) is 2. The van der Waals surface area contributed by atoms with Crippen LogP contribution in [0.2, 0.25) is 0 Å². The number of anilines is 1. The van der Waals surface area contributed by atoms with Gasteiger partial charge in [0.1, 0.15) is 5.82 Å². The number of aromatic nitrogens is 1. The summed E-state index contributed by atoms with van der Waals surface area (Å²) in [5, 5.41) is 2.84. The van der Waals surface area contributed by atoms with Gasteiger partial charge in [-0.2, -0.15) is 0 Å². The van der Waals surface area contributed by atoms with Crippen LogP contribution in [0.15, 0.2) is 54.7 Å². The monoisotopic (exact) mass is 240 g/mol. The van der Waals surface area contributed by atoms with Crippen LogP contribution in [-0.2, 0) is 4.79 Å². The zero-order valence-corrected chi connectivity index (χ0v) is 10.3. The molecule has 0 radical (unpaired) electrons. The van der Waals surface area contributed by atoms with E-state index in [0.29, 0.717) is 5.82 Å². The van der Waals surface area contributed by atoms with Crippen LogP contribution in [0.25, 0.3) is 0 Å². The highest BCUT2D eigenvalue weighted by atomic mass is 16.1. The molecule has 0 aliphatic heterocycles. The van der Waals surface area contributed by atoms with E-state index < -0.39 is 0 Å². The highest BCUT2D eigenvalue weighted by Crippen LogP contribution is 2.20. The summed E-state index contributed by atoms with van der Waals surface area (Å²) in [5.74, 6) is 0.451. The highest BCUT2D eigenvalue weighted by Gasteiger charge is 2.18. The molecule has 1 N–H and O–H groups in total. The minimum absolute atomic E-state index is 0.0117. The molecule has 0 spiro atoms. The number of carbonyl (C=O) groups excluding carboxylic acids is 1. The third-order valence-corrected chi connectivity index (χ3v) is 2.84. The molecule has 0 saturated heterocycles. The molecule has 92 valence electrons. The van der Waals surface area contributed by atoms with Gasteiger partial charge in [0.2, 0.25) is 5.91 Å². The SMILES string of the molecule is CC[C@H](C(=O)Nc1ccccn1)c1ccccc1. The smallest absolute Gasteiger partial charge is 0.233 e. The molecule has 3 heteroatoms. The molecule has 0 saturated carbocycles. The van der Waals surface area contributed by atoms with Crippen molar-refractivity contribution in [1.82, 2.24) is 4.98 Å². The van der Waals surface area contributed by atoms with Gasteiger partial charge in [-0.25, -0.2) is 4.98 Å². The summed E-state index contributed by atoms with van der Waals surface area (Å²) in [4.78, 5) is 16.3. The van der Waals surface area contributed by atoms with Crippen LogP contribution < -0.4 is 5.32 Å². The molecule has 3 nitrogen and oxygen atoms in total. The van der Waals surface area contributed by atoms with Gasteiger partial charge in [-0.15, -0.1) is 0 Å². The molecule has 0 fully saturated rings. The molecular formula is C15H16N2O. The van der Waals surface area contributed by atoms with Gasteiger partial charge in [0.25, 0.3) is 0 Å². The molecule has 1 heterocycles. The molecule has 1 atom stereocenters. The van der Waals surface area contributed by atoms with Crippen molar-refractivity contribution in [2.24, 2.45) is 0 Å². The van der Waals surface area contributed by atoms with Gasteiger partial charge in [0.05, 0.1) is 5.92 Å². The average molecular weight is 240 g/mol. The van der Waals surface area contributed by atoms with Crippen molar-refractivity contribution in [1.29, 1.82) is 0 Å². The van der Waals surface area contributed by atoms with Crippen molar-refractivity contribution >= 4 is 11.7 Å². The summed E-state index contributed by atoms with van der Waals surface area (Å²) in [6, 6.07) is 15.3. The number of hydrogen-bond donors (Lipinski definition) is 1. The molecule has 0 aliphatic carbocycles. The summed E-state index contributed by atoms with van der Waals surface area (Å²) in [6.07, 6.45) is 2.43. The molecule has 18 heavy (non-hydrogen) atoms. The second kappa shape index (κ2) is 5.96. The average Bonchev–Trinajstić information content (AvgIpc) is 2.42. The largest absolute Gasteiger partial charge is 0.310 e. The third-order valence-electron chi connectivity index (χ3n) is 2.84. The van der Waals surface area contributed by atoms with Crippen LogP contribution in [0.3, 0.4) is 0 Å². The Balaban J connectivity index is 2.12. The van der Waals surface area contributed by atoms with E-state index in [1.807, 2.05) is 49.4 Å². The fourth-order valence-electron chi connectivity index (χ4n) is 1.91. The first-order chi connectivity index (χ1) is 8.81. The number of amides is 1. The summed E-state index contributed by atoms with van der Waals surface area (Å²) in [6.45, 7) is 2.01.